The average molecular weight is 307 g/mol. The molecule has 0 aromatic heterocycles. The number of nitrogens with zero attached hydrogens (tertiary/aromatic N) is 1. The van der Waals surface area contributed by atoms with Gasteiger partial charge in [0.2, 0.25) is 0 Å². The number of carbonyl (C=O) groups is 1. The first-order chi connectivity index (χ1) is 10.4. The van der Waals surface area contributed by atoms with Crippen molar-refractivity contribution >= 4 is 11.8 Å². The molecular formula is C17H29N3O2. The first-order valence-electron chi connectivity index (χ1n) is 7.86. The number of benzene rings is 1. The van der Waals surface area contributed by atoms with E-state index in [9.17, 15) is 4.79 Å². The van der Waals surface area contributed by atoms with Crippen LogP contribution in [0.5, 0.6) is 0 Å². The van der Waals surface area contributed by atoms with E-state index in [0.717, 1.165) is 18.7 Å². The first-order valence-corrected chi connectivity index (χ1v) is 7.86. The van der Waals surface area contributed by atoms with Crippen molar-refractivity contribution in [2.24, 2.45) is 5.73 Å². The predicted octanol–water partition coefficient (Wildman–Crippen LogP) is 2.76. The quantitative estimate of drug-likeness (QED) is 0.813. The number of carbonyl (C=O) groups excluding carboxylic acids is 1. The van der Waals surface area contributed by atoms with Gasteiger partial charge in [-0.15, -0.1) is 0 Å². The number of alkyl carbamates (subject to hydrolysis) is 1. The number of amides is 1. The minimum atomic E-state index is -0.475. The number of hydrogen-bond acceptors (Lipinski definition) is 4. The van der Waals surface area contributed by atoms with E-state index >= 15 is 0 Å². The summed E-state index contributed by atoms with van der Waals surface area (Å²) in [5.41, 5.74) is 6.59. The summed E-state index contributed by atoms with van der Waals surface area (Å²) < 4.78 is 5.23. The van der Waals surface area contributed by atoms with Crippen LogP contribution in [0.1, 0.15) is 34.1 Å². The molecule has 0 saturated heterocycles. The lowest BCUT2D eigenvalue weighted by Gasteiger charge is -2.32. The summed E-state index contributed by atoms with van der Waals surface area (Å²) in [5.74, 6) is 0. The standard InChI is InChI=1S/C17H29N3O2/c1-5-20(14-9-7-6-8-10-14)15(13-18)11-12-19-16(21)22-17(2,3)4/h6-10,15H,5,11-13,18H2,1-4H3,(H,19,21). The third kappa shape index (κ3) is 6.35. The van der Waals surface area contributed by atoms with Gasteiger partial charge in [-0.25, -0.2) is 4.79 Å². The lowest BCUT2D eigenvalue weighted by Crippen LogP contribution is -2.43. The van der Waals surface area contributed by atoms with E-state index in [4.69, 9.17) is 10.5 Å². The minimum Gasteiger partial charge on any atom is -0.444 e. The average Bonchev–Trinajstić information content (AvgIpc) is 2.45. The Balaban J connectivity index is 2.52. The van der Waals surface area contributed by atoms with Crippen LogP contribution in [0.25, 0.3) is 0 Å². The third-order valence-electron chi connectivity index (χ3n) is 3.29. The number of rotatable bonds is 7. The Labute approximate surface area is 133 Å². The molecule has 3 N–H and O–H groups in total. The van der Waals surface area contributed by atoms with E-state index in [2.05, 4.69) is 29.3 Å². The van der Waals surface area contributed by atoms with Gasteiger partial charge in [-0.05, 0) is 46.2 Å². The second-order valence-corrected chi connectivity index (χ2v) is 6.23. The molecule has 0 radical (unpaired) electrons. The SMILES string of the molecule is CCN(c1ccccc1)C(CN)CCNC(=O)OC(C)(C)C. The fourth-order valence-corrected chi connectivity index (χ4v) is 2.33. The molecule has 0 fully saturated rings. The van der Waals surface area contributed by atoms with Gasteiger partial charge in [0.15, 0.2) is 0 Å². The van der Waals surface area contributed by atoms with Gasteiger partial charge in [0.05, 0.1) is 0 Å². The van der Waals surface area contributed by atoms with Crippen molar-refractivity contribution in [3.8, 4) is 0 Å². The Morgan fingerprint density at radius 2 is 1.95 bits per heavy atom. The van der Waals surface area contributed by atoms with Crippen molar-refractivity contribution in [2.45, 2.75) is 45.8 Å². The molecule has 5 nitrogen and oxygen atoms in total. The summed E-state index contributed by atoms with van der Waals surface area (Å²) in [6.07, 6.45) is 0.393. The molecule has 0 aliphatic heterocycles. The highest BCUT2D eigenvalue weighted by atomic mass is 16.6. The van der Waals surface area contributed by atoms with Crippen LogP contribution in [-0.2, 0) is 4.74 Å². The molecular weight excluding hydrogens is 278 g/mol. The Bertz CT molecular complexity index is 443. The Morgan fingerprint density at radius 3 is 2.45 bits per heavy atom. The molecule has 1 atom stereocenters. The van der Waals surface area contributed by atoms with E-state index in [0.29, 0.717) is 13.1 Å². The van der Waals surface area contributed by atoms with Gasteiger partial charge in [-0.2, -0.15) is 0 Å². The van der Waals surface area contributed by atoms with E-state index < -0.39 is 5.60 Å². The molecule has 5 heteroatoms. The summed E-state index contributed by atoms with van der Waals surface area (Å²) in [5, 5.41) is 2.79. The molecule has 0 aliphatic rings. The molecule has 1 aromatic rings. The van der Waals surface area contributed by atoms with Crippen molar-refractivity contribution in [3.63, 3.8) is 0 Å². The fourth-order valence-electron chi connectivity index (χ4n) is 2.33. The molecule has 0 heterocycles. The molecule has 0 saturated carbocycles. The number of ether oxygens (including phenoxy) is 1. The van der Waals surface area contributed by atoms with Crippen LogP contribution in [0.3, 0.4) is 0 Å². The normalized spacial score (nSPS) is 12.6. The van der Waals surface area contributed by atoms with Crippen LogP contribution in [0, 0.1) is 0 Å². The van der Waals surface area contributed by atoms with Crippen molar-refractivity contribution in [1.29, 1.82) is 0 Å². The first kappa shape index (κ1) is 18.3. The summed E-state index contributed by atoms with van der Waals surface area (Å²) in [4.78, 5) is 13.9. The zero-order chi connectivity index (χ0) is 16.6. The second-order valence-electron chi connectivity index (χ2n) is 6.23. The van der Waals surface area contributed by atoms with Crippen LogP contribution >= 0.6 is 0 Å². The van der Waals surface area contributed by atoms with Gasteiger partial charge in [0.1, 0.15) is 5.60 Å². The molecule has 22 heavy (non-hydrogen) atoms. The Kier molecular flexibility index (Phi) is 7.18. The minimum absolute atomic E-state index is 0.183. The van der Waals surface area contributed by atoms with Gasteiger partial charge in [0, 0.05) is 31.4 Å². The maximum Gasteiger partial charge on any atom is 0.407 e. The lowest BCUT2D eigenvalue weighted by molar-refractivity contribution is 0.0526. The summed E-state index contributed by atoms with van der Waals surface area (Å²) >= 11 is 0. The molecule has 0 bridgehead atoms. The highest BCUT2D eigenvalue weighted by Crippen LogP contribution is 2.17. The molecule has 1 rings (SSSR count). The number of likely N-dealkylation sites (N-methyl/N-ethyl adjacent to an activating group) is 1. The van der Waals surface area contributed by atoms with Crippen LogP contribution in [0.15, 0.2) is 30.3 Å². The van der Waals surface area contributed by atoms with Gasteiger partial charge in [0.25, 0.3) is 0 Å². The Hall–Kier alpha value is -1.75. The fraction of sp³-hybridized carbons (Fsp3) is 0.588. The zero-order valence-electron chi connectivity index (χ0n) is 14.1. The van der Waals surface area contributed by atoms with Gasteiger partial charge in [-0.3, -0.25) is 0 Å². The highest BCUT2D eigenvalue weighted by Gasteiger charge is 2.18. The number of hydrogen-bond donors (Lipinski definition) is 2. The van der Waals surface area contributed by atoms with E-state index in [-0.39, 0.29) is 12.1 Å². The number of anilines is 1. The van der Waals surface area contributed by atoms with Gasteiger partial charge in [-0.1, -0.05) is 18.2 Å². The van der Waals surface area contributed by atoms with Crippen molar-refractivity contribution in [3.05, 3.63) is 30.3 Å². The smallest absolute Gasteiger partial charge is 0.407 e. The maximum atomic E-state index is 11.7. The van der Waals surface area contributed by atoms with Crippen molar-refractivity contribution in [2.75, 3.05) is 24.5 Å². The van der Waals surface area contributed by atoms with Crippen molar-refractivity contribution < 1.29 is 9.53 Å². The van der Waals surface area contributed by atoms with E-state index in [1.54, 1.807) is 0 Å². The molecule has 1 unspecified atom stereocenters. The zero-order valence-corrected chi connectivity index (χ0v) is 14.1. The van der Waals surface area contributed by atoms with E-state index in [1.807, 2.05) is 39.0 Å². The predicted molar refractivity (Wildman–Crippen MR) is 91.2 cm³/mol. The lowest BCUT2D eigenvalue weighted by atomic mass is 10.1. The monoisotopic (exact) mass is 307 g/mol. The van der Waals surface area contributed by atoms with Gasteiger partial charge >= 0.3 is 6.09 Å². The molecule has 124 valence electrons. The third-order valence-corrected chi connectivity index (χ3v) is 3.29. The summed E-state index contributed by atoms with van der Waals surface area (Å²) in [7, 11) is 0. The van der Waals surface area contributed by atoms with Crippen LogP contribution in [0.4, 0.5) is 10.5 Å². The number of nitrogens with one attached hydrogen (secondary N) is 1. The molecule has 0 aliphatic carbocycles. The molecule has 0 spiro atoms. The van der Waals surface area contributed by atoms with Gasteiger partial charge < -0.3 is 20.7 Å². The van der Waals surface area contributed by atoms with Crippen LogP contribution < -0.4 is 16.0 Å². The topological polar surface area (TPSA) is 67.6 Å². The number of para-hydroxylation sites is 1. The highest BCUT2D eigenvalue weighted by molar-refractivity contribution is 5.67. The largest absolute Gasteiger partial charge is 0.444 e. The van der Waals surface area contributed by atoms with Crippen LogP contribution in [0.2, 0.25) is 0 Å². The number of nitrogens with two attached hydrogens (primary N) is 1. The second kappa shape index (κ2) is 8.63. The maximum absolute atomic E-state index is 11.7. The van der Waals surface area contributed by atoms with Crippen molar-refractivity contribution in [1.82, 2.24) is 5.32 Å². The summed E-state index contributed by atoms with van der Waals surface area (Å²) in [6, 6.07) is 10.4. The van der Waals surface area contributed by atoms with E-state index in [1.165, 1.54) is 0 Å². The van der Waals surface area contributed by atoms with Crippen LogP contribution in [-0.4, -0.2) is 37.4 Å². The Morgan fingerprint density at radius 1 is 1.32 bits per heavy atom. The molecule has 1 amide bonds. The molecule has 1 aromatic carbocycles. The summed E-state index contributed by atoms with van der Waals surface area (Å²) in [6.45, 7) is 9.62.